The first-order valence-electron chi connectivity index (χ1n) is 5.14. The first kappa shape index (κ1) is 13.0. The zero-order valence-corrected chi connectivity index (χ0v) is 9.43. The fraction of sp³-hybridized carbons (Fsp3) is 0.500. The van der Waals surface area contributed by atoms with Crippen LogP contribution in [0.2, 0.25) is 0 Å². The highest BCUT2D eigenvalue weighted by molar-refractivity contribution is 5.29. The number of halogens is 3. The molecule has 0 fully saturated rings. The largest absolute Gasteiger partial charge is 0.416 e. The summed E-state index contributed by atoms with van der Waals surface area (Å²) in [5, 5.41) is 0. The molecule has 4 heteroatoms. The summed E-state index contributed by atoms with van der Waals surface area (Å²) in [6.07, 6.45) is -3.41. The highest BCUT2D eigenvalue weighted by Gasteiger charge is 2.32. The van der Waals surface area contributed by atoms with Crippen LogP contribution in [0, 0.1) is 0 Å². The molecule has 90 valence electrons. The minimum Gasteiger partial charge on any atom is -0.326 e. The fourth-order valence-corrected chi connectivity index (χ4v) is 1.47. The van der Waals surface area contributed by atoms with Gasteiger partial charge in [0.1, 0.15) is 0 Å². The van der Waals surface area contributed by atoms with Crippen molar-refractivity contribution in [3.8, 4) is 0 Å². The number of hydrogen-bond donors (Lipinski definition) is 1. The number of nitrogens with two attached hydrogens (primary N) is 1. The van der Waals surface area contributed by atoms with Crippen LogP contribution in [-0.2, 0) is 12.6 Å². The first-order chi connectivity index (χ1) is 7.20. The summed E-state index contributed by atoms with van der Waals surface area (Å²) < 4.78 is 37.9. The van der Waals surface area contributed by atoms with E-state index in [1.54, 1.807) is 6.07 Å². The van der Waals surface area contributed by atoms with Crippen molar-refractivity contribution in [2.75, 3.05) is 0 Å². The quantitative estimate of drug-likeness (QED) is 0.848. The third-order valence-corrected chi connectivity index (χ3v) is 2.36. The topological polar surface area (TPSA) is 26.0 Å². The Labute approximate surface area is 93.5 Å². The van der Waals surface area contributed by atoms with E-state index in [2.05, 4.69) is 0 Å². The smallest absolute Gasteiger partial charge is 0.326 e. The molecule has 0 atom stereocenters. The number of hydrogen-bond acceptors (Lipinski definition) is 1. The van der Waals surface area contributed by atoms with E-state index in [4.69, 9.17) is 5.73 Å². The minimum absolute atomic E-state index is 0.313. The van der Waals surface area contributed by atoms with Crippen LogP contribution in [0.15, 0.2) is 24.3 Å². The van der Waals surface area contributed by atoms with E-state index in [1.165, 1.54) is 12.1 Å². The third kappa shape index (κ3) is 3.85. The van der Waals surface area contributed by atoms with Gasteiger partial charge in [0.25, 0.3) is 0 Å². The Morgan fingerprint density at radius 3 is 2.19 bits per heavy atom. The van der Waals surface area contributed by atoms with Crippen LogP contribution in [0.4, 0.5) is 13.2 Å². The Morgan fingerprint density at radius 1 is 1.12 bits per heavy atom. The molecule has 0 amide bonds. The standard InChI is InChI=1S/C12H16F3N/c1-11(2,16)8-7-9-5-3-4-6-10(9)12(13,14)15/h3-6H,7-8,16H2,1-2H3. The zero-order valence-electron chi connectivity index (χ0n) is 9.43. The van der Waals surface area contributed by atoms with Gasteiger partial charge in [0.2, 0.25) is 0 Å². The minimum atomic E-state index is -4.28. The molecule has 0 heterocycles. The molecule has 0 aliphatic rings. The van der Waals surface area contributed by atoms with E-state index >= 15 is 0 Å². The summed E-state index contributed by atoms with van der Waals surface area (Å²) in [7, 11) is 0. The van der Waals surface area contributed by atoms with Gasteiger partial charge in [0.05, 0.1) is 5.56 Å². The average Bonchev–Trinajstić information content (AvgIpc) is 2.12. The highest BCUT2D eigenvalue weighted by Crippen LogP contribution is 2.32. The second-order valence-corrected chi connectivity index (χ2v) is 4.64. The van der Waals surface area contributed by atoms with Crippen LogP contribution in [0.3, 0.4) is 0 Å². The van der Waals surface area contributed by atoms with Crippen molar-refractivity contribution in [2.45, 2.75) is 38.4 Å². The molecule has 0 spiro atoms. The molecule has 1 nitrogen and oxygen atoms in total. The summed E-state index contributed by atoms with van der Waals surface area (Å²) in [5.74, 6) is 0. The first-order valence-corrected chi connectivity index (χ1v) is 5.14. The maximum atomic E-state index is 12.6. The van der Waals surface area contributed by atoms with Gasteiger partial charge in [-0.25, -0.2) is 0 Å². The lowest BCUT2D eigenvalue weighted by atomic mass is 9.94. The summed E-state index contributed by atoms with van der Waals surface area (Å²) in [6.45, 7) is 3.62. The molecule has 1 aromatic carbocycles. The maximum absolute atomic E-state index is 12.6. The van der Waals surface area contributed by atoms with Gasteiger partial charge in [-0.05, 0) is 38.3 Å². The molecule has 0 radical (unpaired) electrons. The van der Waals surface area contributed by atoms with E-state index in [1.807, 2.05) is 13.8 Å². The lowest BCUT2D eigenvalue weighted by Gasteiger charge is -2.19. The third-order valence-electron chi connectivity index (χ3n) is 2.36. The van der Waals surface area contributed by atoms with Gasteiger partial charge in [-0.1, -0.05) is 18.2 Å². The van der Waals surface area contributed by atoms with Crippen molar-refractivity contribution in [2.24, 2.45) is 5.73 Å². The average molecular weight is 231 g/mol. The van der Waals surface area contributed by atoms with E-state index in [9.17, 15) is 13.2 Å². The van der Waals surface area contributed by atoms with Gasteiger partial charge in [-0.2, -0.15) is 13.2 Å². The molecule has 0 bridgehead atoms. The van der Waals surface area contributed by atoms with Crippen molar-refractivity contribution in [1.29, 1.82) is 0 Å². The predicted molar refractivity (Wildman–Crippen MR) is 58.0 cm³/mol. The van der Waals surface area contributed by atoms with Gasteiger partial charge < -0.3 is 5.73 Å². The summed E-state index contributed by atoms with van der Waals surface area (Å²) in [4.78, 5) is 0. The molecule has 0 saturated carbocycles. The molecule has 0 saturated heterocycles. The number of aryl methyl sites for hydroxylation is 1. The monoisotopic (exact) mass is 231 g/mol. The van der Waals surface area contributed by atoms with Gasteiger partial charge in [0, 0.05) is 5.54 Å². The van der Waals surface area contributed by atoms with Crippen LogP contribution in [0.1, 0.15) is 31.4 Å². The molecular formula is C12H16F3N. The molecule has 2 N–H and O–H groups in total. The molecule has 1 aromatic rings. The SMILES string of the molecule is CC(C)(N)CCc1ccccc1C(F)(F)F. The van der Waals surface area contributed by atoms with Gasteiger partial charge in [0.15, 0.2) is 0 Å². The predicted octanol–water partition coefficient (Wildman–Crippen LogP) is 3.38. The molecule has 0 unspecified atom stereocenters. The summed E-state index contributed by atoms with van der Waals surface area (Å²) in [5.41, 5.74) is 5.07. The van der Waals surface area contributed by atoms with Crippen LogP contribution >= 0.6 is 0 Å². The van der Waals surface area contributed by atoms with Crippen LogP contribution in [0.5, 0.6) is 0 Å². The Hall–Kier alpha value is -1.03. The normalized spacial score (nSPS) is 12.9. The summed E-state index contributed by atoms with van der Waals surface area (Å²) >= 11 is 0. The Balaban J connectivity index is 2.88. The number of alkyl halides is 3. The van der Waals surface area contributed by atoms with E-state index in [0.717, 1.165) is 6.07 Å². The lowest BCUT2D eigenvalue weighted by molar-refractivity contribution is -0.138. The molecule has 16 heavy (non-hydrogen) atoms. The maximum Gasteiger partial charge on any atom is 0.416 e. The van der Waals surface area contributed by atoms with E-state index < -0.39 is 17.3 Å². The van der Waals surface area contributed by atoms with Crippen LogP contribution < -0.4 is 5.73 Å². The van der Waals surface area contributed by atoms with Crippen molar-refractivity contribution in [3.05, 3.63) is 35.4 Å². The van der Waals surface area contributed by atoms with Crippen LogP contribution in [-0.4, -0.2) is 5.54 Å². The number of rotatable bonds is 3. The second kappa shape index (κ2) is 4.45. The van der Waals surface area contributed by atoms with E-state index in [0.29, 0.717) is 18.4 Å². The summed E-state index contributed by atoms with van der Waals surface area (Å²) in [6, 6.07) is 5.64. The molecule has 1 rings (SSSR count). The molecule has 0 aromatic heterocycles. The van der Waals surface area contributed by atoms with Crippen molar-refractivity contribution >= 4 is 0 Å². The Bertz CT molecular complexity index is 350. The molecule has 0 aliphatic carbocycles. The molecular weight excluding hydrogens is 215 g/mol. The Morgan fingerprint density at radius 2 is 1.69 bits per heavy atom. The fourth-order valence-electron chi connectivity index (χ4n) is 1.47. The van der Waals surface area contributed by atoms with Crippen LogP contribution in [0.25, 0.3) is 0 Å². The number of benzene rings is 1. The molecule has 0 aliphatic heterocycles. The van der Waals surface area contributed by atoms with Crippen molar-refractivity contribution in [1.82, 2.24) is 0 Å². The van der Waals surface area contributed by atoms with Gasteiger partial charge in [-0.3, -0.25) is 0 Å². The Kier molecular flexibility index (Phi) is 3.63. The van der Waals surface area contributed by atoms with Gasteiger partial charge >= 0.3 is 6.18 Å². The highest BCUT2D eigenvalue weighted by atomic mass is 19.4. The van der Waals surface area contributed by atoms with Gasteiger partial charge in [-0.15, -0.1) is 0 Å². The second-order valence-electron chi connectivity index (χ2n) is 4.64. The van der Waals surface area contributed by atoms with Crippen molar-refractivity contribution in [3.63, 3.8) is 0 Å². The lowest BCUT2D eigenvalue weighted by Crippen LogP contribution is -2.32. The van der Waals surface area contributed by atoms with Crippen molar-refractivity contribution < 1.29 is 13.2 Å². The zero-order chi connectivity index (χ0) is 12.4. The van der Waals surface area contributed by atoms with E-state index in [-0.39, 0.29) is 0 Å².